The molecule has 0 amide bonds. The number of rotatable bonds is 12. The largest absolute Gasteiger partial charge is 0.379 e. The molecule has 0 saturated carbocycles. The summed E-state index contributed by atoms with van der Waals surface area (Å²) in [7, 11) is 3.95. The predicted octanol–water partition coefficient (Wildman–Crippen LogP) is 2.65. The summed E-state index contributed by atoms with van der Waals surface area (Å²) in [5, 5.41) is 6.72. The number of nitrogens with one attached hydrogen (secondary N) is 2. The fourth-order valence-electron chi connectivity index (χ4n) is 3.08. The highest BCUT2D eigenvalue weighted by molar-refractivity contribution is 5.79. The number of hydrogen-bond acceptors (Lipinski definition) is 4. The molecule has 1 unspecified atom stereocenters. The van der Waals surface area contributed by atoms with Crippen LogP contribution in [0, 0.1) is 0 Å². The van der Waals surface area contributed by atoms with Crippen LogP contribution in [-0.4, -0.2) is 65.6 Å². The number of unbranched alkanes of at least 4 members (excludes halogenated alkanes) is 1. The maximum Gasteiger partial charge on any atom is 0.190 e. The number of para-hydroxylation sites is 1. The first-order valence-electron chi connectivity index (χ1n) is 10.2. The molecule has 0 spiro atoms. The molecule has 152 valence electrons. The smallest absolute Gasteiger partial charge is 0.190 e. The average molecular weight is 377 g/mol. The lowest BCUT2D eigenvalue weighted by molar-refractivity contribution is 0.0168. The van der Waals surface area contributed by atoms with E-state index in [0.29, 0.717) is 6.10 Å². The first-order chi connectivity index (χ1) is 13.3. The van der Waals surface area contributed by atoms with Gasteiger partial charge in [-0.15, -0.1) is 0 Å². The van der Waals surface area contributed by atoms with Crippen molar-refractivity contribution in [2.45, 2.75) is 38.2 Å². The lowest BCUT2D eigenvalue weighted by Crippen LogP contribution is -2.38. The summed E-state index contributed by atoms with van der Waals surface area (Å²) in [6.45, 7) is 5.22. The minimum Gasteiger partial charge on any atom is -0.379 e. The number of hydrogen-bond donors (Lipinski definition) is 2. The molecule has 2 rings (SSSR count). The third kappa shape index (κ3) is 9.11. The van der Waals surface area contributed by atoms with Crippen molar-refractivity contribution in [3.63, 3.8) is 0 Å². The van der Waals surface area contributed by atoms with Crippen molar-refractivity contribution in [3.8, 4) is 0 Å². The summed E-state index contributed by atoms with van der Waals surface area (Å²) in [6.07, 6.45) is 5.84. The van der Waals surface area contributed by atoms with Gasteiger partial charge in [0.2, 0.25) is 0 Å². The van der Waals surface area contributed by atoms with Crippen LogP contribution in [0.2, 0.25) is 0 Å². The predicted molar refractivity (Wildman–Crippen MR) is 113 cm³/mol. The Labute approximate surface area is 164 Å². The van der Waals surface area contributed by atoms with Crippen molar-refractivity contribution >= 4 is 11.6 Å². The number of nitrogens with zero attached hydrogens (tertiary/aromatic N) is 2. The van der Waals surface area contributed by atoms with Gasteiger partial charge in [0.05, 0.1) is 12.7 Å². The Kier molecular flexibility index (Phi) is 10.7. The second-order valence-electron chi connectivity index (χ2n) is 6.95. The van der Waals surface area contributed by atoms with Gasteiger partial charge in [0.15, 0.2) is 5.96 Å². The summed E-state index contributed by atoms with van der Waals surface area (Å²) in [4.78, 5) is 6.57. The molecule has 1 aromatic carbocycles. The standard InChI is InChI=1S/C21H36N4O2/c1-22-21(24-14-9-16-26-18-20-12-8-17-27-20)23-13-6-7-15-25(2)19-10-4-3-5-11-19/h3-5,10-11,20H,6-9,12-18H2,1-2H3,(H2,22,23,24). The zero-order valence-electron chi connectivity index (χ0n) is 17.0. The van der Waals surface area contributed by atoms with Crippen LogP contribution in [-0.2, 0) is 9.47 Å². The summed E-state index contributed by atoms with van der Waals surface area (Å²) in [5.41, 5.74) is 1.27. The van der Waals surface area contributed by atoms with Crippen molar-refractivity contribution in [2.75, 3.05) is 58.5 Å². The molecular formula is C21H36N4O2. The Bertz CT molecular complexity index is 518. The summed E-state index contributed by atoms with van der Waals surface area (Å²) in [6, 6.07) is 10.5. The molecule has 6 nitrogen and oxygen atoms in total. The maximum absolute atomic E-state index is 5.68. The number of benzene rings is 1. The van der Waals surface area contributed by atoms with E-state index in [9.17, 15) is 0 Å². The van der Waals surface area contributed by atoms with Crippen molar-refractivity contribution in [1.82, 2.24) is 10.6 Å². The van der Waals surface area contributed by atoms with E-state index in [1.807, 2.05) is 7.05 Å². The topological polar surface area (TPSA) is 58.1 Å². The zero-order valence-corrected chi connectivity index (χ0v) is 17.0. The summed E-state index contributed by atoms with van der Waals surface area (Å²) >= 11 is 0. The van der Waals surface area contributed by atoms with E-state index in [4.69, 9.17) is 9.47 Å². The molecule has 2 N–H and O–H groups in total. The third-order valence-electron chi connectivity index (χ3n) is 4.72. The van der Waals surface area contributed by atoms with E-state index in [2.05, 4.69) is 57.9 Å². The van der Waals surface area contributed by atoms with E-state index >= 15 is 0 Å². The fraction of sp³-hybridized carbons (Fsp3) is 0.667. The Balaban J connectivity index is 1.44. The maximum atomic E-state index is 5.68. The summed E-state index contributed by atoms with van der Waals surface area (Å²) < 4.78 is 11.2. The SMILES string of the molecule is CN=C(NCCCCN(C)c1ccccc1)NCCCOCC1CCCO1. The highest BCUT2D eigenvalue weighted by Crippen LogP contribution is 2.12. The zero-order chi connectivity index (χ0) is 19.2. The number of guanidine groups is 1. The highest BCUT2D eigenvalue weighted by Gasteiger charge is 2.14. The fourth-order valence-corrected chi connectivity index (χ4v) is 3.08. The highest BCUT2D eigenvalue weighted by atomic mass is 16.5. The lowest BCUT2D eigenvalue weighted by Gasteiger charge is -2.19. The second-order valence-corrected chi connectivity index (χ2v) is 6.95. The van der Waals surface area contributed by atoms with Crippen molar-refractivity contribution in [3.05, 3.63) is 30.3 Å². The van der Waals surface area contributed by atoms with Crippen LogP contribution in [0.4, 0.5) is 5.69 Å². The van der Waals surface area contributed by atoms with Crippen LogP contribution in [0.1, 0.15) is 32.1 Å². The van der Waals surface area contributed by atoms with Gasteiger partial charge in [-0.1, -0.05) is 18.2 Å². The molecule has 0 aromatic heterocycles. The van der Waals surface area contributed by atoms with Gasteiger partial charge in [0.25, 0.3) is 0 Å². The molecule has 1 fully saturated rings. The molecule has 0 radical (unpaired) electrons. The Morgan fingerprint density at radius 2 is 1.96 bits per heavy atom. The van der Waals surface area contributed by atoms with Gasteiger partial charge in [-0.05, 0) is 44.2 Å². The van der Waals surface area contributed by atoms with Crippen molar-refractivity contribution in [2.24, 2.45) is 4.99 Å². The first-order valence-corrected chi connectivity index (χ1v) is 10.2. The number of aliphatic imine (C=N–C) groups is 1. The van der Waals surface area contributed by atoms with Crippen LogP contribution in [0.5, 0.6) is 0 Å². The minimum absolute atomic E-state index is 0.313. The van der Waals surface area contributed by atoms with E-state index < -0.39 is 0 Å². The van der Waals surface area contributed by atoms with Crippen LogP contribution < -0.4 is 15.5 Å². The Morgan fingerprint density at radius 3 is 2.67 bits per heavy atom. The van der Waals surface area contributed by atoms with Crippen LogP contribution in [0.3, 0.4) is 0 Å². The van der Waals surface area contributed by atoms with E-state index in [1.54, 1.807) is 0 Å². The molecule has 1 atom stereocenters. The van der Waals surface area contributed by atoms with Gasteiger partial charge in [-0.2, -0.15) is 0 Å². The van der Waals surface area contributed by atoms with Gasteiger partial charge >= 0.3 is 0 Å². The quantitative estimate of drug-likeness (QED) is 0.334. The third-order valence-corrected chi connectivity index (χ3v) is 4.72. The molecule has 6 heteroatoms. The second kappa shape index (κ2) is 13.4. The van der Waals surface area contributed by atoms with Gasteiger partial charge in [-0.25, -0.2) is 0 Å². The number of anilines is 1. The normalized spacial score (nSPS) is 17.1. The van der Waals surface area contributed by atoms with E-state index in [1.165, 1.54) is 12.1 Å². The number of ether oxygens (including phenoxy) is 2. The molecule has 0 bridgehead atoms. The van der Waals surface area contributed by atoms with Gasteiger partial charge in [0, 0.05) is 52.6 Å². The molecule has 0 aliphatic carbocycles. The van der Waals surface area contributed by atoms with Gasteiger partial charge in [-0.3, -0.25) is 4.99 Å². The van der Waals surface area contributed by atoms with Crippen LogP contribution in [0.15, 0.2) is 35.3 Å². The molecule has 1 heterocycles. The monoisotopic (exact) mass is 376 g/mol. The van der Waals surface area contributed by atoms with Gasteiger partial charge in [0.1, 0.15) is 0 Å². The Morgan fingerprint density at radius 1 is 1.19 bits per heavy atom. The van der Waals surface area contributed by atoms with E-state index in [0.717, 1.165) is 71.1 Å². The molecule has 1 aromatic rings. The molecular weight excluding hydrogens is 340 g/mol. The van der Waals surface area contributed by atoms with E-state index in [-0.39, 0.29) is 0 Å². The molecule has 1 aliphatic heterocycles. The molecule has 27 heavy (non-hydrogen) atoms. The van der Waals surface area contributed by atoms with Crippen molar-refractivity contribution in [1.29, 1.82) is 0 Å². The van der Waals surface area contributed by atoms with Gasteiger partial charge < -0.3 is 25.0 Å². The summed E-state index contributed by atoms with van der Waals surface area (Å²) in [5.74, 6) is 0.866. The lowest BCUT2D eigenvalue weighted by atomic mass is 10.2. The Hall–Kier alpha value is -1.79. The average Bonchev–Trinajstić information content (AvgIpc) is 3.22. The minimum atomic E-state index is 0.313. The van der Waals surface area contributed by atoms with Crippen molar-refractivity contribution < 1.29 is 9.47 Å². The van der Waals surface area contributed by atoms with Crippen LogP contribution >= 0.6 is 0 Å². The first kappa shape index (κ1) is 21.5. The van der Waals surface area contributed by atoms with Crippen LogP contribution in [0.25, 0.3) is 0 Å². The molecule has 1 aliphatic rings. The molecule has 1 saturated heterocycles.